The first-order valence-electron chi connectivity index (χ1n) is 19.0. The van der Waals surface area contributed by atoms with E-state index in [1.807, 2.05) is 6.92 Å². The van der Waals surface area contributed by atoms with Crippen molar-refractivity contribution in [2.45, 2.75) is 115 Å². The number of nitrogens with one attached hydrogen (secondary N) is 1. The van der Waals surface area contributed by atoms with Crippen molar-refractivity contribution in [3.05, 3.63) is 76.4 Å². The number of rotatable bonds is 14. The van der Waals surface area contributed by atoms with Crippen LogP contribution in [0.5, 0.6) is 0 Å². The first-order chi connectivity index (χ1) is 25.5. The maximum absolute atomic E-state index is 16.0. The molecule has 0 aliphatic carbocycles. The number of pyridine rings is 1. The maximum Gasteiger partial charge on any atom is 0.410 e. The van der Waals surface area contributed by atoms with Crippen LogP contribution in [0.4, 0.5) is 19.4 Å². The Kier molecular flexibility index (Phi) is 13.2. The van der Waals surface area contributed by atoms with Gasteiger partial charge in [-0.3, -0.25) is 9.36 Å². The number of carbonyl (C=O) groups excluding carboxylic acids is 1. The number of aryl methyl sites for hydroxylation is 1. The van der Waals surface area contributed by atoms with Gasteiger partial charge in [0.1, 0.15) is 33.2 Å². The molecule has 0 saturated carbocycles. The van der Waals surface area contributed by atoms with Crippen molar-refractivity contribution >= 4 is 32.8 Å². The Morgan fingerprint density at radius 3 is 2.43 bits per heavy atom. The molecule has 2 unspecified atom stereocenters. The minimum absolute atomic E-state index is 0.0242. The molecule has 0 bridgehead atoms. The Balaban J connectivity index is 1.37. The van der Waals surface area contributed by atoms with E-state index in [1.165, 1.54) is 23.4 Å². The van der Waals surface area contributed by atoms with Gasteiger partial charge in [0.25, 0.3) is 11.5 Å². The van der Waals surface area contributed by atoms with Gasteiger partial charge < -0.3 is 19.7 Å². The van der Waals surface area contributed by atoms with Crippen LogP contribution in [0.25, 0.3) is 11.0 Å². The summed E-state index contributed by atoms with van der Waals surface area (Å²) in [7, 11) is -1.49. The van der Waals surface area contributed by atoms with E-state index in [0.717, 1.165) is 25.7 Å². The lowest BCUT2D eigenvalue weighted by molar-refractivity contribution is -0.0861. The lowest BCUT2D eigenvalue weighted by Gasteiger charge is -2.36. The number of amides is 1. The minimum atomic E-state index is -3.15. The third kappa shape index (κ3) is 10.0. The third-order valence-electron chi connectivity index (χ3n) is 10.6. The fraction of sp³-hybridized carbons (Fsp3) is 0.600. The van der Waals surface area contributed by atoms with Gasteiger partial charge in [0, 0.05) is 49.8 Å². The average molecular weight is 772 g/mol. The molecule has 2 aliphatic rings. The van der Waals surface area contributed by atoms with E-state index >= 15 is 8.78 Å². The first-order valence-corrected chi connectivity index (χ1v) is 20.8. The van der Waals surface area contributed by atoms with Crippen molar-refractivity contribution in [1.82, 2.24) is 19.4 Å². The predicted octanol–water partition coefficient (Wildman–Crippen LogP) is 7.76. The highest BCUT2D eigenvalue weighted by atomic mass is 32.2. The summed E-state index contributed by atoms with van der Waals surface area (Å²) in [4.78, 5) is 37.1. The molecular weight excluding hydrogens is 717 g/mol. The highest BCUT2D eigenvalue weighted by Crippen LogP contribution is 2.42. The number of likely N-dealkylation sites (tertiary alicyclic amines) is 1. The van der Waals surface area contributed by atoms with Crippen molar-refractivity contribution in [3.8, 4) is 0 Å². The number of benzene rings is 1. The molecule has 0 spiro atoms. The Morgan fingerprint density at radius 2 is 1.78 bits per heavy atom. The number of methoxy groups -OCH3 is 1. The third-order valence-corrected chi connectivity index (χ3v) is 12.3. The number of piperidine rings is 1. The van der Waals surface area contributed by atoms with E-state index < -0.39 is 39.4 Å². The van der Waals surface area contributed by atoms with Gasteiger partial charge in [-0.1, -0.05) is 37.1 Å². The predicted molar refractivity (Wildman–Crippen MR) is 207 cm³/mol. The lowest BCUT2D eigenvalue weighted by atomic mass is 9.85. The summed E-state index contributed by atoms with van der Waals surface area (Å²) in [6.45, 7) is 11.8. The van der Waals surface area contributed by atoms with Crippen LogP contribution in [0.3, 0.4) is 0 Å². The van der Waals surface area contributed by atoms with Crippen LogP contribution in [0.1, 0.15) is 108 Å². The normalized spacial score (nSPS) is 18.3. The zero-order valence-corrected chi connectivity index (χ0v) is 33.0. The largest absolute Gasteiger partial charge is 0.444 e. The zero-order valence-electron chi connectivity index (χ0n) is 32.2. The van der Waals surface area contributed by atoms with Crippen molar-refractivity contribution in [1.29, 1.82) is 0 Å². The number of unbranched alkanes of at least 4 members (excludes halogenated alkanes) is 2. The Bertz CT molecular complexity index is 1940. The number of carbonyl (C=O) groups is 1. The molecule has 14 heteroatoms. The van der Waals surface area contributed by atoms with Crippen LogP contribution in [0, 0.1) is 5.92 Å². The van der Waals surface area contributed by atoms with Gasteiger partial charge in [-0.15, -0.1) is 6.58 Å². The van der Waals surface area contributed by atoms with Crippen molar-refractivity contribution in [2.75, 3.05) is 37.0 Å². The van der Waals surface area contributed by atoms with Crippen LogP contribution in [-0.2, 0) is 31.8 Å². The molecule has 54 heavy (non-hydrogen) atoms. The molecule has 2 saturated heterocycles. The fourth-order valence-corrected chi connectivity index (χ4v) is 8.93. The number of aromatic nitrogens is 3. The van der Waals surface area contributed by atoms with Gasteiger partial charge in [0.15, 0.2) is 0 Å². The second-order valence-electron chi connectivity index (χ2n) is 15.7. The summed E-state index contributed by atoms with van der Waals surface area (Å²) in [6.07, 6.45) is 6.95. The number of sulfone groups is 1. The molecule has 1 aromatic carbocycles. The van der Waals surface area contributed by atoms with E-state index in [-0.39, 0.29) is 60.6 Å². The number of ether oxygens (including phenoxy) is 2. The Hall–Kier alpha value is -3.91. The molecule has 11 nitrogen and oxygen atoms in total. The number of hydrogen-bond donors (Lipinski definition) is 1. The Morgan fingerprint density at radius 1 is 1.07 bits per heavy atom. The molecule has 2 atom stereocenters. The summed E-state index contributed by atoms with van der Waals surface area (Å²) < 4.78 is 69.1. The number of alkyl halides is 2. The smallest absolute Gasteiger partial charge is 0.410 e. The van der Waals surface area contributed by atoms with E-state index in [2.05, 4.69) is 21.9 Å². The number of anilines is 1. The van der Waals surface area contributed by atoms with E-state index in [1.54, 1.807) is 56.7 Å². The SMILES string of the molecule is C=CC(CCCCCn1c(=O)c(C2CCS(=O)(=O)CC2)cc2c(NC(C)c3cccc(C(F)(F)C4CCN(C(=O)OC(C)(C)C)CC4)c3)ncnc21)OC. The van der Waals surface area contributed by atoms with E-state index in [4.69, 9.17) is 9.47 Å². The van der Waals surface area contributed by atoms with Gasteiger partial charge >= 0.3 is 6.09 Å². The van der Waals surface area contributed by atoms with Crippen molar-refractivity contribution < 1.29 is 31.5 Å². The molecule has 2 aromatic heterocycles. The second-order valence-corrected chi connectivity index (χ2v) is 18.0. The molecule has 2 fully saturated rings. The molecule has 1 amide bonds. The van der Waals surface area contributed by atoms with Crippen molar-refractivity contribution in [3.63, 3.8) is 0 Å². The first kappa shape index (κ1) is 41.3. The summed E-state index contributed by atoms with van der Waals surface area (Å²) in [5.74, 6) is -3.79. The standard InChI is InChI=1S/C40H55F2N5O6S/c1-7-32(52-6)14-9-8-10-19-47-36-34(25-33(37(47)48)28-17-22-54(50,51)23-18-28)35(43-26-44-36)45-27(2)29-12-11-13-31(24-29)40(41,42)30-15-20-46(21-16-30)38(49)53-39(3,4)5/h7,11-13,24-28,30,32H,1,8-10,14-23H2,2-6H3,(H,43,44,45). The van der Waals surface area contributed by atoms with Gasteiger partial charge in [-0.2, -0.15) is 0 Å². The quantitative estimate of drug-likeness (QED) is 0.129. The zero-order chi connectivity index (χ0) is 39.3. The molecule has 0 radical (unpaired) electrons. The number of nitrogens with zero attached hydrogens (tertiary/aromatic N) is 4. The highest BCUT2D eigenvalue weighted by Gasteiger charge is 2.44. The molecule has 296 valence electrons. The topological polar surface area (TPSA) is 133 Å². The number of hydrogen-bond acceptors (Lipinski definition) is 9. The summed E-state index contributed by atoms with van der Waals surface area (Å²) >= 11 is 0. The number of fused-ring (bicyclic) bond motifs is 1. The van der Waals surface area contributed by atoms with Gasteiger partial charge in [0.2, 0.25) is 0 Å². The summed E-state index contributed by atoms with van der Waals surface area (Å²) in [6, 6.07) is 7.71. The average Bonchev–Trinajstić information content (AvgIpc) is 3.13. The summed E-state index contributed by atoms with van der Waals surface area (Å²) in [5, 5.41) is 4.01. The lowest BCUT2D eigenvalue weighted by Crippen LogP contribution is -2.44. The van der Waals surface area contributed by atoms with Crippen LogP contribution >= 0.6 is 0 Å². The van der Waals surface area contributed by atoms with Crippen LogP contribution in [0.2, 0.25) is 0 Å². The monoisotopic (exact) mass is 771 g/mol. The molecule has 4 heterocycles. The number of halogens is 2. The Labute approximate surface area is 317 Å². The molecule has 2 aliphatic heterocycles. The highest BCUT2D eigenvalue weighted by molar-refractivity contribution is 7.91. The van der Waals surface area contributed by atoms with Crippen LogP contribution in [-0.4, -0.2) is 77.4 Å². The van der Waals surface area contributed by atoms with Gasteiger partial charge in [-0.25, -0.2) is 32.0 Å². The fourth-order valence-electron chi connectivity index (χ4n) is 7.43. The summed E-state index contributed by atoms with van der Waals surface area (Å²) in [5.41, 5.74) is 0.682. The van der Waals surface area contributed by atoms with Crippen LogP contribution in [0.15, 0.2) is 54.1 Å². The van der Waals surface area contributed by atoms with Crippen LogP contribution < -0.4 is 10.9 Å². The van der Waals surface area contributed by atoms with Crippen molar-refractivity contribution in [2.24, 2.45) is 5.92 Å². The molecular formula is C40H55F2N5O6S. The van der Waals surface area contributed by atoms with Gasteiger partial charge in [0.05, 0.1) is 23.0 Å². The van der Waals surface area contributed by atoms with E-state index in [9.17, 15) is 18.0 Å². The molecule has 5 rings (SSSR count). The van der Waals surface area contributed by atoms with Gasteiger partial charge in [-0.05, 0) is 89.8 Å². The van der Waals surface area contributed by atoms with E-state index in [0.29, 0.717) is 47.4 Å². The minimum Gasteiger partial charge on any atom is -0.444 e. The molecule has 1 N–H and O–H groups in total. The maximum atomic E-state index is 16.0. The molecule has 3 aromatic rings. The second kappa shape index (κ2) is 17.3.